The molecule has 0 aliphatic heterocycles. The first-order valence-corrected chi connectivity index (χ1v) is 5.12. The SMILES string of the molecule is NC(=O)OCCNC(=O)Cc1ccccc1N. The normalized spacial score (nSPS) is 9.65. The summed E-state index contributed by atoms with van der Waals surface area (Å²) < 4.78 is 4.47. The van der Waals surface area contributed by atoms with E-state index in [1.54, 1.807) is 18.2 Å². The maximum atomic E-state index is 11.5. The second-order valence-corrected chi connectivity index (χ2v) is 3.39. The molecule has 1 aromatic carbocycles. The van der Waals surface area contributed by atoms with E-state index in [0.29, 0.717) is 5.69 Å². The van der Waals surface area contributed by atoms with E-state index >= 15 is 0 Å². The molecule has 6 nitrogen and oxygen atoms in total. The summed E-state index contributed by atoms with van der Waals surface area (Å²) in [6.07, 6.45) is -0.657. The monoisotopic (exact) mass is 237 g/mol. The largest absolute Gasteiger partial charge is 0.448 e. The second kappa shape index (κ2) is 6.37. The van der Waals surface area contributed by atoms with Crippen LogP contribution in [-0.4, -0.2) is 25.2 Å². The molecule has 0 heterocycles. The van der Waals surface area contributed by atoms with Gasteiger partial charge < -0.3 is 21.5 Å². The van der Waals surface area contributed by atoms with Crippen molar-refractivity contribution in [2.45, 2.75) is 6.42 Å². The number of carbonyl (C=O) groups is 2. The highest BCUT2D eigenvalue weighted by atomic mass is 16.5. The van der Waals surface area contributed by atoms with Gasteiger partial charge in [0.1, 0.15) is 6.61 Å². The molecule has 0 unspecified atom stereocenters. The lowest BCUT2D eigenvalue weighted by Crippen LogP contribution is -2.30. The van der Waals surface area contributed by atoms with E-state index in [4.69, 9.17) is 11.5 Å². The van der Waals surface area contributed by atoms with Crippen molar-refractivity contribution < 1.29 is 14.3 Å². The van der Waals surface area contributed by atoms with Crippen molar-refractivity contribution in [1.82, 2.24) is 5.32 Å². The van der Waals surface area contributed by atoms with Gasteiger partial charge in [0.05, 0.1) is 13.0 Å². The van der Waals surface area contributed by atoms with Crippen LogP contribution < -0.4 is 16.8 Å². The van der Waals surface area contributed by atoms with Gasteiger partial charge in [-0.1, -0.05) is 18.2 Å². The van der Waals surface area contributed by atoms with Crippen LogP contribution in [0.3, 0.4) is 0 Å². The number of hydrogen-bond acceptors (Lipinski definition) is 4. The Kier molecular flexibility index (Phi) is 4.80. The van der Waals surface area contributed by atoms with Crippen molar-refractivity contribution in [3.8, 4) is 0 Å². The molecule has 2 amide bonds. The fraction of sp³-hybridized carbons (Fsp3) is 0.273. The zero-order valence-electron chi connectivity index (χ0n) is 9.31. The van der Waals surface area contributed by atoms with Gasteiger partial charge in [0.25, 0.3) is 0 Å². The molecule has 1 aromatic rings. The Labute approximate surface area is 98.9 Å². The molecule has 0 saturated carbocycles. The minimum atomic E-state index is -0.855. The van der Waals surface area contributed by atoms with Gasteiger partial charge in [0.2, 0.25) is 5.91 Å². The molecule has 0 atom stereocenters. The number of hydrogen-bond donors (Lipinski definition) is 3. The Bertz CT molecular complexity index is 407. The Balaban J connectivity index is 2.30. The Morgan fingerprint density at radius 2 is 2.00 bits per heavy atom. The van der Waals surface area contributed by atoms with Crippen LogP contribution in [0, 0.1) is 0 Å². The van der Waals surface area contributed by atoms with E-state index < -0.39 is 6.09 Å². The first kappa shape index (κ1) is 12.8. The van der Waals surface area contributed by atoms with Gasteiger partial charge in [0, 0.05) is 5.69 Å². The molecule has 0 aliphatic carbocycles. The summed E-state index contributed by atoms with van der Waals surface area (Å²) in [7, 11) is 0. The number of nitrogen functional groups attached to an aromatic ring is 1. The summed E-state index contributed by atoms with van der Waals surface area (Å²) in [4.78, 5) is 21.7. The van der Waals surface area contributed by atoms with Crippen LogP contribution in [0.2, 0.25) is 0 Å². The van der Waals surface area contributed by atoms with Gasteiger partial charge in [-0.2, -0.15) is 0 Å². The Morgan fingerprint density at radius 1 is 1.29 bits per heavy atom. The van der Waals surface area contributed by atoms with Crippen LogP contribution >= 0.6 is 0 Å². The third-order valence-electron chi connectivity index (χ3n) is 2.07. The topological polar surface area (TPSA) is 107 Å². The number of benzene rings is 1. The van der Waals surface area contributed by atoms with Gasteiger partial charge in [-0.15, -0.1) is 0 Å². The zero-order valence-corrected chi connectivity index (χ0v) is 9.31. The minimum Gasteiger partial charge on any atom is -0.448 e. The molecule has 0 aromatic heterocycles. The van der Waals surface area contributed by atoms with E-state index in [9.17, 15) is 9.59 Å². The number of nitrogens with one attached hydrogen (secondary N) is 1. The predicted octanol–water partition coefficient (Wildman–Crippen LogP) is 0.0228. The van der Waals surface area contributed by atoms with Crippen molar-refractivity contribution in [3.05, 3.63) is 29.8 Å². The summed E-state index contributed by atoms with van der Waals surface area (Å²) in [5, 5.41) is 2.59. The number of amides is 2. The van der Waals surface area contributed by atoms with Crippen LogP contribution in [0.4, 0.5) is 10.5 Å². The molecular weight excluding hydrogens is 222 g/mol. The molecule has 1 rings (SSSR count). The van der Waals surface area contributed by atoms with Gasteiger partial charge in [-0.05, 0) is 11.6 Å². The fourth-order valence-electron chi connectivity index (χ4n) is 1.27. The number of primary amides is 1. The lowest BCUT2D eigenvalue weighted by atomic mass is 10.1. The molecule has 0 radical (unpaired) electrons. The molecule has 0 bridgehead atoms. The van der Waals surface area contributed by atoms with Crippen LogP contribution in [0.25, 0.3) is 0 Å². The smallest absolute Gasteiger partial charge is 0.404 e. The van der Waals surface area contributed by atoms with Gasteiger partial charge in [-0.3, -0.25) is 4.79 Å². The van der Waals surface area contributed by atoms with Gasteiger partial charge in [0.15, 0.2) is 0 Å². The second-order valence-electron chi connectivity index (χ2n) is 3.39. The quantitative estimate of drug-likeness (QED) is 0.495. The lowest BCUT2D eigenvalue weighted by Gasteiger charge is -2.07. The highest BCUT2D eigenvalue weighted by molar-refractivity contribution is 5.80. The van der Waals surface area contributed by atoms with Crippen LogP contribution in [0.15, 0.2) is 24.3 Å². The third-order valence-corrected chi connectivity index (χ3v) is 2.07. The first-order valence-electron chi connectivity index (χ1n) is 5.12. The van der Waals surface area contributed by atoms with E-state index in [0.717, 1.165) is 5.56 Å². The molecular formula is C11H15N3O3. The fourth-order valence-corrected chi connectivity index (χ4v) is 1.27. The number of ether oxygens (including phenoxy) is 1. The van der Waals surface area contributed by atoms with Crippen molar-refractivity contribution in [3.63, 3.8) is 0 Å². The molecule has 92 valence electrons. The molecule has 0 aliphatic rings. The number of rotatable bonds is 5. The molecule has 0 fully saturated rings. The van der Waals surface area contributed by atoms with E-state index in [-0.39, 0.29) is 25.5 Å². The van der Waals surface area contributed by atoms with E-state index in [1.807, 2.05) is 6.07 Å². The molecule has 0 spiro atoms. The average molecular weight is 237 g/mol. The number of anilines is 1. The van der Waals surface area contributed by atoms with Crippen molar-refractivity contribution >= 4 is 17.7 Å². The van der Waals surface area contributed by atoms with Crippen LogP contribution in [0.1, 0.15) is 5.56 Å². The van der Waals surface area contributed by atoms with Crippen molar-refractivity contribution in [2.24, 2.45) is 5.73 Å². The first-order chi connectivity index (χ1) is 8.09. The average Bonchev–Trinajstić information content (AvgIpc) is 2.27. The summed E-state index contributed by atoms with van der Waals surface area (Å²) in [5.74, 6) is -0.184. The molecule has 17 heavy (non-hydrogen) atoms. The van der Waals surface area contributed by atoms with Crippen molar-refractivity contribution in [1.29, 1.82) is 0 Å². The van der Waals surface area contributed by atoms with Crippen LogP contribution in [-0.2, 0) is 16.0 Å². The Morgan fingerprint density at radius 3 is 2.65 bits per heavy atom. The molecule has 5 N–H and O–H groups in total. The van der Waals surface area contributed by atoms with Crippen LogP contribution in [0.5, 0.6) is 0 Å². The Hall–Kier alpha value is -2.24. The standard InChI is InChI=1S/C11H15N3O3/c12-9-4-2-1-3-8(9)7-10(15)14-5-6-17-11(13)16/h1-4H,5-7,12H2,(H2,13,16)(H,14,15). The summed E-state index contributed by atoms with van der Waals surface area (Å²) >= 11 is 0. The van der Waals surface area contributed by atoms with E-state index in [1.165, 1.54) is 0 Å². The van der Waals surface area contributed by atoms with Gasteiger partial charge in [-0.25, -0.2) is 4.79 Å². The van der Waals surface area contributed by atoms with Crippen molar-refractivity contribution in [2.75, 3.05) is 18.9 Å². The zero-order chi connectivity index (χ0) is 12.7. The highest BCUT2D eigenvalue weighted by Gasteiger charge is 2.05. The molecule has 0 saturated heterocycles. The molecule has 6 heteroatoms. The number of carbonyl (C=O) groups excluding carboxylic acids is 2. The number of nitrogens with two attached hydrogens (primary N) is 2. The number of para-hydroxylation sites is 1. The predicted molar refractivity (Wildman–Crippen MR) is 63.1 cm³/mol. The maximum absolute atomic E-state index is 11.5. The van der Waals surface area contributed by atoms with Gasteiger partial charge >= 0.3 is 6.09 Å². The summed E-state index contributed by atoms with van der Waals surface area (Å²) in [5.41, 5.74) is 11.8. The summed E-state index contributed by atoms with van der Waals surface area (Å²) in [6, 6.07) is 7.14. The van der Waals surface area contributed by atoms with E-state index in [2.05, 4.69) is 10.1 Å². The summed E-state index contributed by atoms with van der Waals surface area (Å²) in [6.45, 7) is 0.292. The lowest BCUT2D eigenvalue weighted by molar-refractivity contribution is -0.120. The third kappa shape index (κ3) is 4.87. The highest BCUT2D eigenvalue weighted by Crippen LogP contribution is 2.10. The maximum Gasteiger partial charge on any atom is 0.404 e. The minimum absolute atomic E-state index is 0.0609.